The van der Waals surface area contributed by atoms with E-state index in [0.717, 1.165) is 19.3 Å². The Kier molecular flexibility index (Phi) is 6.27. The summed E-state index contributed by atoms with van der Waals surface area (Å²) in [6.07, 6.45) is 2.68. The lowest BCUT2D eigenvalue weighted by molar-refractivity contribution is -0.139. The number of rotatable bonds is 8. The predicted molar refractivity (Wildman–Crippen MR) is 73.2 cm³/mol. The fraction of sp³-hybridized carbons (Fsp3) is 0.769. The van der Waals surface area contributed by atoms with Crippen LogP contribution < -0.4 is 16.0 Å². The van der Waals surface area contributed by atoms with Gasteiger partial charge in [-0.15, -0.1) is 0 Å². The normalized spacial score (nSPS) is 16.9. The van der Waals surface area contributed by atoms with E-state index in [1.807, 2.05) is 13.8 Å². The Hall–Kier alpha value is -1.79. The maximum atomic E-state index is 11.5. The third-order valence-electron chi connectivity index (χ3n) is 3.30. The molecule has 2 atom stereocenters. The van der Waals surface area contributed by atoms with Crippen LogP contribution in [0.5, 0.6) is 0 Å². The zero-order valence-electron chi connectivity index (χ0n) is 11.9. The molecule has 0 aliphatic heterocycles. The molecule has 3 amide bonds. The van der Waals surface area contributed by atoms with Gasteiger partial charge in [0.05, 0.1) is 0 Å². The van der Waals surface area contributed by atoms with Gasteiger partial charge in [-0.05, 0) is 32.1 Å². The number of hydrogen-bond donors (Lipinski definition) is 4. The van der Waals surface area contributed by atoms with Gasteiger partial charge in [0, 0.05) is 19.0 Å². The number of carboxylic acid groups (broad SMARTS) is 1. The topological polar surface area (TPSA) is 108 Å². The second-order valence-corrected chi connectivity index (χ2v) is 5.18. The molecule has 4 N–H and O–H groups in total. The number of carbonyl (C=O) groups is 3. The second-order valence-electron chi connectivity index (χ2n) is 5.18. The Bertz CT molecular complexity index is 369. The van der Waals surface area contributed by atoms with Crippen LogP contribution in [0.1, 0.15) is 39.5 Å². The first-order valence-corrected chi connectivity index (χ1v) is 7.00. The number of nitrogens with one attached hydrogen (secondary N) is 3. The number of aliphatic carboxylic acids is 1. The molecule has 1 saturated carbocycles. The van der Waals surface area contributed by atoms with Crippen LogP contribution >= 0.6 is 0 Å². The van der Waals surface area contributed by atoms with Crippen molar-refractivity contribution < 1.29 is 19.5 Å². The third kappa shape index (κ3) is 5.90. The summed E-state index contributed by atoms with van der Waals surface area (Å²) in [5, 5.41) is 16.7. The van der Waals surface area contributed by atoms with Crippen LogP contribution in [0.25, 0.3) is 0 Å². The number of carbonyl (C=O) groups excluding carboxylic acids is 2. The smallest absolute Gasteiger partial charge is 0.326 e. The SMILES string of the molecule is CCC(C)NC(=O)CCNC(=O)NC(C(=O)O)C1CC1. The van der Waals surface area contributed by atoms with Crippen molar-refractivity contribution in [3.05, 3.63) is 0 Å². The molecule has 0 aromatic carbocycles. The molecular weight excluding hydrogens is 262 g/mol. The molecule has 20 heavy (non-hydrogen) atoms. The second kappa shape index (κ2) is 7.72. The molecule has 0 bridgehead atoms. The Labute approximate surface area is 118 Å². The van der Waals surface area contributed by atoms with E-state index < -0.39 is 18.0 Å². The Morgan fingerprint density at radius 1 is 1.25 bits per heavy atom. The van der Waals surface area contributed by atoms with Gasteiger partial charge in [0.2, 0.25) is 5.91 Å². The third-order valence-corrected chi connectivity index (χ3v) is 3.30. The summed E-state index contributed by atoms with van der Waals surface area (Å²) in [4.78, 5) is 33.9. The molecule has 0 radical (unpaired) electrons. The monoisotopic (exact) mass is 285 g/mol. The summed E-state index contributed by atoms with van der Waals surface area (Å²) < 4.78 is 0. The van der Waals surface area contributed by atoms with Gasteiger partial charge < -0.3 is 21.1 Å². The van der Waals surface area contributed by atoms with E-state index in [9.17, 15) is 14.4 Å². The molecule has 1 aliphatic carbocycles. The highest BCUT2D eigenvalue weighted by Gasteiger charge is 2.37. The molecule has 1 aliphatic rings. The average molecular weight is 285 g/mol. The maximum Gasteiger partial charge on any atom is 0.326 e. The molecule has 0 heterocycles. The van der Waals surface area contributed by atoms with Gasteiger partial charge in [-0.3, -0.25) is 4.79 Å². The van der Waals surface area contributed by atoms with Crippen LogP contribution in [0, 0.1) is 5.92 Å². The minimum Gasteiger partial charge on any atom is -0.480 e. The van der Waals surface area contributed by atoms with Crippen molar-refractivity contribution >= 4 is 17.9 Å². The first-order chi connectivity index (χ1) is 9.43. The number of amides is 3. The molecule has 0 spiro atoms. The van der Waals surface area contributed by atoms with E-state index in [4.69, 9.17) is 5.11 Å². The largest absolute Gasteiger partial charge is 0.480 e. The van der Waals surface area contributed by atoms with Crippen LogP contribution in [0.15, 0.2) is 0 Å². The molecule has 1 rings (SSSR count). The first-order valence-electron chi connectivity index (χ1n) is 7.00. The summed E-state index contributed by atoms with van der Waals surface area (Å²) in [5.74, 6) is -1.11. The molecular formula is C13H23N3O4. The van der Waals surface area contributed by atoms with Crippen LogP contribution in [-0.4, -0.2) is 41.6 Å². The van der Waals surface area contributed by atoms with Gasteiger partial charge in [0.25, 0.3) is 0 Å². The van der Waals surface area contributed by atoms with Crippen LogP contribution in [0.3, 0.4) is 0 Å². The fourth-order valence-electron chi connectivity index (χ4n) is 1.74. The molecule has 0 aromatic rings. The maximum absolute atomic E-state index is 11.5. The van der Waals surface area contributed by atoms with Gasteiger partial charge >= 0.3 is 12.0 Å². The zero-order valence-corrected chi connectivity index (χ0v) is 11.9. The van der Waals surface area contributed by atoms with Crippen molar-refractivity contribution in [2.24, 2.45) is 5.92 Å². The number of urea groups is 1. The van der Waals surface area contributed by atoms with Crippen molar-refractivity contribution in [2.75, 3.05) is 6.54 Å². The van der Waals surface area contributed by atoms with Crippen molar-refractivity contribution in [3.63, 3.8) is 0 Å². The summed E-state index contributed by atoms with van der Waals surface area (Å²) in [6, 6.07) is -1.26. The minimum absolute atomic E-state index is 0.0342. The zero-order chi connectivity index (χ0) is 15.1. The number of hydrogen-bond acceptors (Lipinski definition) is 3. The predicted octanol–water partition coefficient (Wildman–Crippen LogP) is 0.454. The molecule has 1 fully saturated rings. The highest BCUT2D eigenvalue weighted by molar-refractivity contribution is 5.83. The summed E-state index contributed by atoms with van der Waals surface area (Å²) in [7, 11) is 0. The van der Waals surface area contributed by atoms with Gasteiger partial charge in [-0.1, -0.05) is 6.92 Å². The lowest BCUT2D eigenvalue weighted by atomic mass is 10.2. The van der Waals surface area contributed by atoms with Gasteiger partial charge in [0.15, 0.2) is 0 Å². The molecule has 2 unspecified atom stereocenters. The molecule has 7 heteroatoms. The average Bonchev–Trinajstić information content (AvgIpc) is 3.19. The van der Waals surface area contributed by atoms with Crippen LogP contribution in [-0.2, 0) is 9.59 Å². The van der Waals surface area contributed by atoms with Crippen molar-refractivity contribution in [1.82, 2.24) is 16.0 Å². The van der Waals surface area contributed by atoms with Crippen molar-refractivity contribution in [2.45, 2.75) is 51.6 Å². The van der Waals surface area contributed by atoms with Gasteiger partial charge in [0.1, 0.15) is 6.04 Å². The standard InChI is InChI=1S/C13H23N3O4/c1-3-8(2)15-10(17)6-7-14-13(20)16-11(12(18)19)9-4-5-9/h8-9,11H,3-7H2,1-2H3,(H,15,17)(H,18,19)(H2,14,16,20). The summed E-state index contributed by atoms with van der Waals surface area (Å²) >= 11 is 0. The Morgan fingerprint density at radius 3 is 2.40 bits per heavy atom. The Morgan fingerprint density at radius 2 is 1.90 bits per heavy atom. The van der Waals surface area contributed by atoms with Crippen LogP contribution in [0.4, 0.5) is 4.79 Å². The van der Waals surface area contributed by atoms with Gasteiger partial charge in [-0.2, -0.15) is 0 Å². The summed E-state index contributed by atoms with van der Waals surface area (Å²) in [6.45, 7) is 4.07. The highest BCUT2D eigenvalue weighted by Crippen LogP contribution is 2.32. The molecule has 7 nitrogen and oxygen atoms in total. The van der Waals surface area contributed by atoms with Crippen molar-refractivity contribution in [1.29, 1.82) is 0 Å². The summed E-state index contributed by atoms with van der Waals surface area (Å²) in [5.41, 5.74) is 0. The lowest BCUT2D eigenvalue weighted by Gasteiger charge is -2.15. The quantitative estimate of drug-likeness (QED) is 0.519. The molecule has 0 saturated heterocycles. The fourth-order valence-corrected chi connectivity index (χ4v) is 1.74. The van der Waals surface area contributed by atoms with E-state index >= 15 is 0 Å². The molecule has 0 aromatic heterocycles. The molecule has 114 valence electrons. The van der Waals surface area contributed by atoms with E-state index in [1.54, 1.807) is 0 Å². The van der Waals surface area contributed by atoms with E-state index in [0.29, 0.717) is 0 Å². The van der Waals surface area contributed by atoms with E-state index in [-0.39, 0.29) is 30.8 Å². The van der Waals surface area contributed by atoms with E-state index in [1.165, 1.54) is 0 Å². The lowest BCUT2D eigenvalue weighted by Crippen LogP contribution is -2.47. The minimum atomic E-state index is -1.02. The highest BCUT2D eigenvalue weighted by atomic mass is 16.4. The number of carboxylic acids is 1. The van der Waals surface area contributed by atoms with E-state index in [2.05, 4.69) is 16.0 Å². The van der Waals surface area contributed by atoms with Crippen LogP contribution in [0.2, 0.25) is 0 Å². The first kappa shape index (κ1) is 16.3. The van der Waals surface area contributed by atoms with Gasteiger partial charge in [-0.25, -0.2) is 9.59 Å². The Balaban J connectivity index is 2.19. The van der Waals surface area contributed by atoms with Crippen molar-refractivity contribution in [3.8, 4) is 0 Å².